The summed E-state index contributed by atoms with van der Waals surface area (Å²) in [6, 6.07) is 20.5. The van der Waals surface area contributed by atoms with E-state index in [0.717, 1.165) is 0 Å². The Morgan fingerprint density at radius 2 is 1.19 bits per heavy atom. The van der Waals surface area contributed by atoms with Gasteiger partial charge in [0.05, 0.1) is 12.0 Å². The molecule has 3 rings (SSSR count). The quantitative estimate of drug-likeness (QED) is 0.299. The first kappa shape index (κ1) is 26.3. The summed E-state index contributed by atoms with van der Waals surface area (Å²) in [5.74, 6) is -2.50. The van der Waals surface area contributed by atoms with Gasteiger partial charge in [-0.15, -0.1) is 0 Å². The summed E-state index contributed by atoms with van der Waals surface area (Å²) in [5, 5.41) is 3.08. The summed E-state index contributed by atoms with van der Waals surface area (Å²) < 4.78 is 9.97. The molecule has 0 aliphatic heterocycles. The van der Waals surface area contributed by atoms with Gasteiger partial charge in [-0.1, -0.05) is 41.9 Å². The molecule has 3 aromatic rings. The van der Waals surface area contributed by atoms with Gasteiger partial charge in [-0.25, -0.2) is 4.79 Å². The lowest BCUT2D eigenvalue weighted by Crippen LogP contribution is -2.17. The maximum Gasteiger partial charge on any atom is 0.338 e. The molecule has 0 unspecified atom stereocenters. The van der Waals surface area contributed by atoms with Crippen LogP contribution in [0, 0.1) is 0 Å². The second-order valence-electron chi connectivity index (χ2n) is 7.58. The molecule has 0 aliphatic rings. The number of esters is 2. The molecule has 0 saturated carbocycles. The summed E-state index contributed by atoms with van der Waals surface area (Å²) in [6.07, 6.45) is -0.362. The second kappa shape index (κ2) is 13.0. The van der Waals surface area contributed by atoms with Crippen molar-refractivity contribution in [3.8, 4) is 0 Å². The van der Waals surface area contributed by atoms with E-state index in [4.69, 9.17) is 21.1 Å². The molecular weight excluding hydrogens is 486 g/mol. The van der Waals surface area contributed by atoms with Crippen molar-refractivity contribution in [1.29, 1.82) is 0 Å². The average Bonchev–Trinajstić information content (AvgIpc) is 2.90. The molecule has 0 aliphatic carbocycles. The molecule has 9 heteroatoms. The smallest absolute Gasteiger partial charge is 0.338 e. The number of hydrogen-bond donors (Lipinski definition) is 1. The van der Waals surface area contributed by atoms with E-state index in [0.29, 0.717) is 21.8 Å². The van der Waals surface area contributed by atoms with Crippen molar-refractivity contribution in [2.75, 3.05) is 18.5 Å². The molecule has 0 aromatic heterocycles. The van der Waals surface area contributed by atoms with Gasteiger partial charge in [0.25, 0.3) is 0 Å². The van der Waals surface area contributed by atoms with E-state index in [1.807, 2.05) is 0 Å². The Hall–Kier alpha value is -4.30. The van der Waals surface area contributed by atoms with Crippen molar-refractivity contribution in [3.05, 3.63) is 101 Å². The third kappa shape index (κ3) is 8.18. The van der Waals surface area contributed by atoms with Gasteiger partial charge in [-0.2, -0.15) is 0 Å². The summed E-state index contributed by atoms with van der Waals surface area (Å²) in [5.41, 5.74) is 1.42. The molecule has 1 N–H and O–H groups in total. The highest BCUT2D eigenvalue weighted by Crippen LogP contribution is 2.13. The van der Waals surface area contributed by atoms with Gasteiger partial charge in [0.1, 0.15) is 0 Å². The minimum Gasteiger partial charge on any atom is -0.457 e. The number of halogens is 1. The molecule has 0 bridgehead atoms. The first-order valence-corrected chi connectivity index (χ1v) is 11.3. The van der Waals surface area contributed by atoms with Crippen LogP contribution in [-0.4, -0.2) is 42.6 Å². The number of rotatable bonds is 11. The van der Waals surface area contributed by atoms with Crippen LogP contribution in [0.15, 0.2) is 78.9 Å². The Bertz CT molecular complexity index is 1240. The summed E-state index contributed by atoms with van der Waals surface area (Å²) in [6.45, 7) is -0.820. The van der Waals surface area contributed by atoms with Crippen LogP contribution in [0.25, 0.3) is 0 Å². The fourth-order valence-corrected chi connectivity index (χ4v) is 3.11. The Balaban J connectivity index is 1.38. The number of carbonyl (C=O) groups excluding carboxylic acids is 5. The number of Topliss-reactive ketones (excluding diaryl/α,β-unsaturated/α-hetero) is 2. The normalized spacial score (nSPS) is 10.2. The molecule has 0 spiro atoms. The third-order valence-electron chi connectivity index (χ3n) is 4.92. The van der Waals surface area contributed by atoms with Gasteiger partial charge in [-0.05, 0) is 48.5 Å². The third-order valence-corrected chi connectivity index (χ3v) is 5.17. The van der Waals surface area contributed by atoms with Crippen LogP contribution in [0.4, 0.5) is 5.69 Å². The van der Waals surface area contributed by atoms with Gasteiger partial charge < -0.3 is 14.8 Å². The highest BCUT2D eigenvalue weighted by atomic mass is 35.5. The minimum atomic E-state index is -0.685. The molecular formula is C27H22ClNO7. The van der Waals surface area contributed by atoms with Crippen LogP contribution in [0.3, 0.4) is 0 Å². The number of anilines is 1. The van der Waals surface area contributed by atoms with E-state index in [-0.39, 0.29) is 36.6 Å². The van der Waals surface area contributed by atoms with Gasteiger partial charge in [0.15, 0.2) is 24.8 Å². The fraction of sp³-hybridized carbons (Fsp3) is 0.148. The van der Waals surface area contributed by atoms with Crippen LogP contribution < -0.4 is 5.32 Å². The standard InChI is InChI=1S/C27H22ClNO7/c28-21-10-6-19(7-11-21)23(30)16-35-26(33)15-14-25(32)29-22-12-8-20(9-13-22)27(34)36-17-24(31)18-4-2-1-3-5-18/h1-13H,14-17H2,(H,29,32). The largest absolute Gasteiger partial charge is 0.457 e. The monoisotopic (exact) mass is 507 g/mol. The maximum absolute atomic E-state index is 12.2. The molecule has 0 heterocycles. The van der Waals surface area contributed by atoms with E-state index in [1.165, 1.54) is 36.4 Å². The second-order valence-corrected chi connectivity index (χ2v) is 8.02. The molecule has 36 heavy (non-hydrogen) atoms. The molecule has 184 valence electrons. The average molecular weight is 508 g/mol. The number of amides is 1. The van der Waals surface area contributed by atoms with E-state index >= 15 is 0 Å². The Kier molecular flexibility index (Phi) is 9.48. The van der Waals surface area contributed by atoms with Crippen LogP contribution in [0.5, 0.6) is 0 Å². The topological polar surface area (TPSA) is 116 Å². The summed E-state index contributed by atoms with van der Waals surface area (Å²) in [4.78, 5) is 60.2. The molecule has 0 atom stereocenters. The maximum atomic E-state index is 12.2. The number of benzene rings is 3. The lowest BCUT2D eigenvalue weighted by Gasteiger charge is -2.08. The summed E-state index contributed by atoms with van der Waals surface area (Å²) >= 11 is 5.77. The summed E-state index contributed by atoms with van der Waals surface area (Å²) in [7, 11) is 0. The number of hydrogen-bond acceptors (Lipinski definition) is 7. The molecule has 8 nitrogen and oxygen atoms in total. The molecule has 3 aromatic carbocycles. The number of ether oxygens (including phenoxy) is 2. The van der Waals surface area contributed by atoms with Crippen molar-refractivity contribution in [2.45, 2.75) is 12.8 Å². The van der Waals surface area contributed by atoms with E-state index < -0.39 is 24.5 Å². The van der Waals surface area contributed by atoms with Crippen molar-refractivity contribution >= 4 is 46.7 Å². The van der Waals surface area contributed by atoms with Crippen LogP contribution >= 0.6 is 11.6 Å². The zero-order valence-electron chi connectivity index (χ0n) is 19.1. The van der Waals surface area contributed by atoms with Gasteiger partial charge in [-0.3, -0.25) is 19.2 Å². The van der Waals surface area contributed by atoms with Crippen molar-refractivity contribution in [2.24, 2.45) is 0 Å². The van der Waals surface area contributed by atoms with Crippen LogP contribution in [-0.2, 0) is 19.1 Å². The van der Waals surface area contributed by atoms with E-state index in [1.54, 1.807) is 42.5 Å². The zero-order valence-corrected chi connectivity index (χ0v) is 19.8. The highest BCUT2D eigenvalue weighted by molar-refractivity contribution is 6.30. The van der Waals surface area contributed by atoms with Crippen molar-refractivity contribution in [1.82, 2.24) is 0 Å². The highest BCUT2D eigenvalue weighted by Gasteiger charge is 2.14. The lowest BCUT2D eigenvalue weighted by molar-refractivity contribution is -0.143. The van der Waals surface area contributed by atoms with Crippen LogP contribution in [0.1, 0.15) is 43.9 Å². The van der Waals surface area contributed by atoms with Crippen molar-refractivity contribution < 1.29 is 33.4 Å². The van der Waals surface area contributed by atoms with E-state index in [2.05, 4.69) is 5.32 Å². The Morgan fingerprint density at radius 3 is 1.83 bits per heavy atom. The molecule has 0 fully saturated rings. The first-order valence-electron chi connectivity index (χ1n) is 10.9. The molecule has 0 radical (unpaired) electrons. The predicted molar refractivity (Wildman–Crippen MR) is 132 cm³/mol. The molecule has 1 amide bonds. The Morgan fingerprint density at radius 1 is 0.639 bits per heavy atom. The van der Waals surface area contributed by atoms with Crippen molar-refractivity contribution in [3.63, 3.8) is 0 Å². The predicted octanol–water partition coefficient (Wildman–Crippen LogP) is 4.52. The van der Waals surface area contributed by atoms with Crippen LogP contribution in [0.2, 0.25) is 5.02 Å². The number of carbonyl (C=O) groups is 5. The van der Waals surface area contributed by atoms with Gasteiger partial charge in [0.2, 0.25) is 5.91 Å². The molecule has 0 saturated heterocycles. The zero-order chi connectivity index (χ0) is 25.9. The Labute approximate surface area is 212 Å². The van der Waals surface area contributed by atoms with E-state index in [9.17, 15) is 24.0 Å². The minimum absolute atomic E-state index is 0.153. The number of nitrogens with one attached hydrogen (secondary N) is 1. The number of ketones is 2. The van der Waals surface area contributed by atoms with Gasteiger partial charge in [0, 0.05) is 28.3 Å². The first-order chi connectivity index (χ1) is 17.3. The van der Waals surface area contributed by atoms with Gasteiger partial charge >= 0.3 is 11.9 Å². The fourth-order valence-electron chi connectivity index (χ4n) is 2.99. The lowest BCUT2D eigenvalue weighted by atomic mass is 10.1. The SMILES string of the molecule is O=C(CCC(=O)OCC(=O)c1ccc(Cl)cc1)Nc1ccc(C(=O)OCC(=O)c2ccccc2)cc1.